The van der Waals surface area contributed by atoms with Gasteiger partial charge < -0.3 is 0 Å². The minimum absolute atomic E-state index is 0.182. The quantitative estimate of drug-likeness (QED) is 0.896. The van der Waals surface area contributed by atoms with Crippen LogP contribution in [0.5, 0.6) is 0 Å². The zero-order valence-electron chi connectivity index (χ0n) is 12.6. The van der Waals surface area contributed by atoms with Crippen LogP contribution < -0.4 is 5.32 Å². The minimum Gasteiger partial charge on any atom is -0.298 e. The zero-order valence-corrected chi connectivity index (χ0v) is 14.2. The lowest BCUT2D eigenvalue weighted by Crippen LogP contribution is -2.27. The molecule has 1 amide bonds. The fourth-order valence-corrected chi connectivity index (χ4v) is 4.53. The molecular formula is C15H14N4O3S2. The average Bonchev–Trinajstić information content (AvgIpc) is 3.27. The number of thiazole rings is 1. The minimum atomic E-state index is -3.48. The summed E-state index contributed by atoms with van der Waals surface area (Å²) in [5.41, 5.74) is 0.323. The van der Waals surface area contributed by atoms with E-state index in [1.807, 2.05) is 6.07 Å². The van der Waals surface area contributed by atoms with E-state index in [4.69, 9.17) is 5.26 Å². The van der Waals surface area contributed by atoms with Gasteiger partial charge in [-0.05, 0) is 37.1 Å². The number of nitrogens with zero attached hydrogens (tertiary/aromatic N) is 3. The van der Waals surface area contributed by atoms with Crippen molar-refractivity contribution in [3.63, 3.8) is 0 Å². The molecule has 0 saturated carbocycles. The maximum atomic E-state index is 12.4. The third-order valence-corrected chi connectivity index (χ3v) is 6.39. The number of rotatable bonds is 4. The Morgan fingerprint density at radius 3 is 2.50 bits per heavy atom. The van der Waals surface area contributed by atoms with E-state index in [9.17, 15) is 13.2 Å². The van der Waals surface area contributed by atoms with Gasteiger partial charge in [-0.15, -0.1) is 0 Å². The first kappa shape index (κ1) is 16.6. The lowest BCUT2D eigenvalue weighted by molar-refractivity contribution is 0.102. The van der Waals surface area contributed by atoms with Crippen molar-refractivity contribution >= 4 is 32.4 Å². The molecule has 1 fully saturated rings. The molecule has 1 saturated heterocycles. The standard InChI is InChI=1S/C15H14N4O3S2/c16-9-12-10-17-15(23-12)18-14(20)11-3-5-13(6-4-11)24(21,22)19-7-1-2-8-19/h3-6,10H,1-2,7-8H2,(H,17,18,20). The second-order valence-corrected chi connectivity index (χ2v) is 8.20. The first-order chi connectivity index (χ1) is 11.5. The number of anilines is 1. The summed E-state index contributed by atoms with van der Waals surface area (Å²) in [6.07, 6.45) is 3.13. The number of hydrogen-bond donors (Lipinski definition) is 1. The van der Waals surface area contributed by atoms with Crippen molar-refractivity contribution in [2.75, 3.05) is 18.4 Å². The van der Waals surface area contributed by atoms with Crippen LogP contribution in [0.4, 0.5) is 5.13 Å². The summed E-state index contributed by atoms with van der Waals surface area (Å²) in [7, 11) is -3.48. The first-order valence-electron chi connectivity index (χ1n) is 7.28. The molecule has 2 heterocycles. The van der Waals surface area contributed by atoms with Gasteiger partial charge in [0.15, 0.2) is 5.13 Å². The largest absolute Gasteiger partial charge is 0.298 e. The Hall–Kier alpha value is -2.28. The highest BCUT2D eigenvalue weighted by molar-refractivity contribution is 7.89. The van der Waals surface area contributed by atoms with Gasteiger partial charge in [0.2, 0.25) is 10.0 Å². The molecule has 0 bridgehead atoms. The molecule has 9 heteroatoms. The van der Waals surface area contributed by atoms with Crippen molar-refractivity contribution in [2.24, 2.45) is 0 Å². The second-order valence-electron chi connectivity index (χ2n) is 5.23. The van der Waals surface area contributed by atoms with Crippen molar-refractivity contribution in [2.45, 2.75) is 17.7 Å². The highest BCUT2D eigenvalue weighted by atomic mass is 32.2. The lowest BCUT2D eigenvalue weighted by Gasteiger charge is -2.15. The summed E-state index contributed by atoms with van der Waals surface area (Å²) < 4.78 is 26.3. The van der Waals surface area contributed by atoms with E-state index in [1.54, 1.807) is 0 Å². The van der Waals surface area contributed by atoms with Gasteiger partial charge in [-0.3, -0.25) is 10.1 Å². The normalized spacial score (nSPS) is 15.1. The highest BCUT2D eigenvalue weighted by Gasteiger charge is 2.27. The van der Waals surface area contributed by atoms with Crippen LogP contribution >= 0.6 is 11.3 Å². The summed E-state index contributed by atoms with van der Waals surface area (Å²) in [4.78, 5) is 16.6. The Bertz CT molecular complexity index is 892. The SMILES string of the molecule is N#Cc1cnc(NC(=O)c2ccc(S(=O)(=O)N3CCCC3)cc2)s1. The molecule has 1 aromatic heterocycles. The van der Waals surface area contributed by atoms with Gasteiger partial charge in [-0.1, -0.05) is 11.3 Å². The number of benzene rings is 1. The molecular weight excluding hydrogens is 348 g/mol. The Morgan fingerprint density at radius 2 is 1.92 bits per heavy atom. The van der Waals surface area contributed by atoms with E-state index in [0.717, 1.165) is 24.2 Å². The molecule has 0 unspecified atom stereocenters. The van der Waals surface area contributed by atoms with Crippen LogP contribution in [-0.4, -0.2) is 36.7 Å². The van der Waals surface area contributed by atoms with Crippen LogP contribution in [0.1, 0.15) is 28.1 Å². The molecule has 2 aromatic rings. The van der Waals surface area contributed by atoms with E-state index in [2.05, 4.69) is 10.3 Å². The Labute approximate surface area is 143 Å². The Balaban J connectivity index is 1.74. The third-order valence-electron chi connectivity index (χ3n) is 3.66. The van der Waals surface area contributed by atoms with E-state index >= 15 is 0 Å². The molecule has 24 heavy (non-hydrogen) atoms. The third kappa shape index (κ3) is 3.31. The van der Waals surface area contributed by atoms with Crippen LogP contribution in [0.3, 0.4) is 0 Å². The van der Waals surface area contributed by atoms with Gasteiger partial charge in [-0.2, -0.15) is 9.57 Å². The number of hydrogen-bond acceptors (Lipinski definition) is 6. The van der Waals surface area contributed by atoms with Crippen LogP contribution in [0.2, 0.25) is 0 Å². The second kappa shape index (κ2) is 6.68. The fraction of sp³-hybridized carbons (Fsp3) is 0.267. The number of amides is 1. The number of nitrogens with one attached hydrogen (secondary N) is 1. The van der Waals surface area contributed by atoms with Crippen molar-refractivity contribution < 1.29 is 13.2 Å². The number of aromatic nitrogens is 1. The topological polar surface area (TPSA) is 103 Å². The number of carbonyl (C=O) groups is 1. The van der Waals surface area contributed by atoms with Crippen molar-refractivity contribution in [1.82, 2.24) is 9.29 Å². The average molecular weight is 362 g/mol. The van der Waals surface area contributed by atoms with Crippen LogP contribution in [0, 0.1) is 11.3 Å². The molecule has 1 aromatic carbocycles. The van der Waals surface area contributed by atoms with Crippen molar-refractivity contribution in [3.8, 4) is 6.07 Å². The summed E-state index contributed by atoms with van der Waals surface area (Å²) in [6, 6.07) is 7.75. The van der Waals surface area contributed by atoms with E-state index in [-0.39, 0.29) is 4.90 Å². The van der Waals surface area contributed by atoms with Gasteiger partial charge in [0.05, 0.1) is 11.1 Å². The molecule has 0 radical (unpaired) electrons. The van der Waals surface area contributed by atoms with Crippen molar-refractivity contribution in [1.29, 1.82) is 5.26 Å². The highest BCUT2D eigenvalue weighted by Crippen LogP contribution is 2.22. The van der Waals surface area contributed by atoms with Gasteiger partial charge in [0, 0.05) is 18.7 Å². The molecule has 124 valence electrons. The molecule has 1 aliphatic rings. The smallest absolute Gasteiger partial charge is 0.257 e. The molecule has 1 aliphatic heterocycles. The Morgan fingerprint density at radius 1 is 1.25 bits per heavy atom. The summed E-state index contributed by atoms with van der Waals surface area (Å²) in [6.45, 7) is 1.08. The van der Waals surface area contributed by atoms with Gasteiger partial charge in [-0.25, -0.2) is 13.4 Å². The maximum Gasteiger partial charge on any atom is 0.257 e. The number of sulfonamides is 1. The maximum absolute atomic E-state index is 12.4. The zero-order chi connectivity index (χ0) is 17.2. The van der Waals surface area contributed by atoms with Crippen LogP contribution in [0.15, 0.2) is 35.4 Å². The molecule has 1 N–H and O–H groups in total. The predicted molar refractivity (Wildman–Crippen MR) is 89.2 cm³/mol. The number of carbonyl (C=O) groups excluding carboxylic acids is 1. The Kier molecular flexibility index (Phi) is 4.62. The van der Waals surface area contributed by atoms with Crippen LogP contribution in [0.25, 0.3) is 0 Å². The molecule has 3 rings (SSSR count). The van der Waals surface area contributed by atoms with E-state index in [1.165, 1.54) is 34.8 Å². The van der Waals surface area contributed by atoms with Crippen molar-refractivity contribution in [3.05, 3.63) is 40.9 Å². The summed E-state index contributed by atoms with van der Waals surface area (Å²) in [5.74, 6) is -0.404. The monoisotopic (exact) mass is 362 g/mol. The van der Waals surface area contributed by atoms with E-state index < -0.39 is 15.9 Å². The molecule has 0 atom stereocenters. The lowest BCUT2D eigenvalue weighted by atomic mass is 10.2. The molecule has 7 nitrogen and oxygen atoms in total. The van der Waals surface area contributed by atoms with Gasteiger partial charge >= 0.3 is 0 Å². The summed E-state index contributed by atoms with van der Waals surface area (Å²) >= 11 is 1.07. The van der Waals surface area contributed by atoms with Gasteiger partial charge in [0.1, 0.15) is 10.9 Å². The predicted octanol–water partition coefficient (Wildman–Crippen LogP) is 2.05. The van der Waals surface area contributed by atoms with Crippen LogP contribution in [-0.2, 0) is 10.0 Å². The van der Waals surface area contributed by atoms with E-state index in [0.29, 0.717) is 28.7 Å². The first-order valence-corrected chi connectivity index (χ1v) is 9.54. The van der Waals surface area contributed by atoms with Gasteiger partial charge in [0.25, 0.3) is 5.91 Å². The molecule has 0 spiro atoms. The summed E-state index contributed by atoms with van der Waals surface area (Å²) in [5, 5.41) is 11.7. The fourth-order valence-electron chi connectivity index (χ4n) is 2.41. The molecule has 0 aliphatic carbocycles. The number of nitriles is 1.